The number of methoxy groups -OCH3 is 1. The molecule has 6 heteroatoms. The summed E-state index contributed by atoms with van der Waals surface area (Å²) in [5.74, 6) is -0.207. The smallest absolute Gasteiger partial charge is 0.406 e. The second kappa shape index (κ2) is 7.09. The van der Waals surface area contributed by atoms with Crippen molar-refractivity contribution in [1.82, 2.24) is 10.2 Å². The van der Waals surface area contributed by atoms with Crippen LogP contribution in [0.5, 0.6) is 0 Å². The molecule has 110 valence electrons. The van der Waals surface area contributed by atoms with Crippen molar-refractivity contribution in [3.8, 4) is 0 Å². The van der Waals surface area contributed by atoms with Crippen molar-refractivity contribution in [1.29, 1.82) is 0 Å². The zero-order valence-electron chi connectivity index (χ0n) is 11.6. The highest BCUT2D eigenvalue weighted by atomic mass is 19.1. The third-order valence-corrected chi connectivity index (χ3v) is 3.45. The molecule has 1 heterocycles. The summed E-state index contributed by atoms with van der Waals surface area (Å²) in [6.07, 6.45) is -0.394. The van der Waals surface area contributed by atoms with E-state index in [-0.39, 0.29) is 5.82 Å². The Bertz CT molecular complexity index is 431. The fourth-order valence-corrected chi connectivity index (χ4v) is 2.27. The molecule has 0 saturated carbocycles. The van der Waals surface area contributed by atoms with E-state index in [1.54, 1.807) is 0 Å². The third kappa shape index (κ3) is 4.09. The lowest BCUT2D eigenvalue weighted by atomic mass is 10.2. The highest BCUT2D eigenvalue weighted by molar-refractivity contribution is 5.66. The number of anilines is 1. The number of carbonyl (C=O) groups excluding carboxylic acids is 1. The van der Waals surface area contributed by atoms with Crippen molar-refractivity contribution in [3.05, 3.63) is 30.1 Å². The van der Waals surface area contributed by atoms with Gasteiger partial charge < -0.3 is 15.0 Å². The molecule has 1 fully saturated rings. The van der Waals surface area contributed by atoms with Crippen LogP contribution in [-0.2, 0) is 4.74 Å². The average Bonchev–Trinajstić information content (AvgIpc) is 2.48. The van der Waals surface area contributed by atoms with E-state index in [0.717, 1.165) is 38.4 Å². The first-order chi connectivity index (χ1) is 9.69. The Labute approximate surface area is 118 Å². The lowest BCUT2D eigenvalue weighted by molar-refractivity contribution is 0.168. The molecule has 5 nitrogen and oxygen atoms in total. The largest absolute Gasteiger partial charge is 0.453 e. The summed E-state index contributed by atoms with van der Waals surface area (Å²) in [5, 5.41) is 2.67. The van der Waals surface area contributed by atoms with Gasteiger partial charge in [-0.15, -0.1) is 0 Å². The standard InChI is InChI=1S/C14H20FN3O2/c1-20-14(19)16-6-7-17-8-10-18(11-9-17)13-4-2-12(15)3-5-13/h2-5H,6-11H2,1H3,(H,16,19). The van der Waals surface area contributed by atoms with E-state index >= 15 is 0 Å². The highest BCUT2D eigenvalue weighted by Crippen LogP contribution is 2.16. The third-order valence-electron chi connectivity index (χ3n) is 3.45. The van der Waals surface area contributed by atoms with Gasteiger partial charge in [-0.05, 0) is 24.3 Å². The van der Waals surface area contributed by atoms with Gasteiger partial charge in [0.1, 0.15) is 5.82 Å². The number of carbonyl (C=O) groups is 1. The number of hydrogen-bond acceptors (Lipinski definition) is 4. The van der Waals surface area contributed by atoms with E-state index < -0.39 is 6.09 Å². The summed E-state index contributed by atoms with van der Waals surface area (Å²) in [6, 6.07) is 6.59. The first-order valence-electron chi connectivity index (χ1n) is 6.74. The van der Waals surface area contributed by atoms with Gasteiger partial charge in [-0.1, -0.05) is 0 Å². The van der Waals surface area contributed by atoms with Crippen molar-refractivity contribution in [2.24, 2.45) is 0 Å². The number of amides is 1. The van der Waals surface area contributed by atoms with Crippen LogP contribution in [0.2, 0.25) is 0 Å². The zero-order chi connectivity index (χ0) is 14.4. The summed E-state index contributed by atoms with van der Waals surface area (Å²) in [7, 11) is 1.36. The quantitative estimate of drug-likeness (QED) is 0.903. The van der Waals surface area contributed by atoms with Gasteiger partial charge in [0.25, 0.3) is 0 Å². The van der Waals surface area contributed by atoms with Gasteiger partial charge in [0.2, 0.25) is 0 Å². The number of ether oxygens (including phenoxy) is 1. The number of nitrogens with zero attached hydrogens (tertiary/aromatic N) is 2. The molecule has 1 aliphatic heterocycles. The minimum absolute atomic E-state index is 0.207. The van der Waals surface area contributed by atoms with Crippen molar-refractivity contribution >= 4 is 11.8 Å². The van der Waals surface area contributed by atoms with Gasteiger partial charge in [-0.25, -0.2) is 9.18 Å². The van der Waals surface area contributed by atoms with E-state index in [2.05, 4.69) is 19.9 Å². The minimum Gasteiger partial charge on any atom is -0.453 e. The predicted molar refractivity (Wildman–Crippen MR) is 75.5 cm³/mol. The van der Waals surface area contributed by atoms with Crippen LogP contribution in [0.4, 0.5) is 14.9 Å². The number of nitrogens with one attached hydrogen (secondary N) is 1. The van der Waals surface area contributed by atoms with Crippen LogP contribution in [0.25, 0.3) is 0 Å². The van der Waals surface area contributed by atoms with E-state index in [1.165, 1.54) is 19.2 Å². The number of hydrogen-bond donors (Lipinski definition) is 1. The average molecular weight is 281 g/mol. The van der Waals surface area contributed by atoms with Crippen LogP contribution >= 0.6 is 0 Å². The molecule has 1 saturated heterocycles. The molecule has 0 spiro atoms. The molecule has 1 amide bonds. The van der Waals surface area contributed by atoms with Gasteiger partial charge in [0.05, 0.1) is 7.11 Å². The molecular formula is C14H20FN3O2. The normalized spacial score (nSPS) is 16.0. The molecule has 0 aromatic heterocycles. The molecule has 1 aromatic rings. The van der Waals surface area contributed by atoms with Crippen molar-refractivity contribution in [2.45, 2.75) is 0 Å². The van der Waals surface area contributed by atoms with Gasteiger partial charge in [0, 0.05) is 45.0 Å². The molecule has 1 N–H and O–H groups in total. The van der Waals surface area contributed by atoms with E-state index in [4.69, 9.17) is 0 Å². The summed E-state index contributed by atoms with van der Waals surface area (Å²) >= 11 is 0. The summed E-state index contributed by atoms with van der Waals surface area (Å²) in [4.78, 5) is 15.5. The molecule has 1 aliphatic rings. The summed E-state index contributed by atoms with van der Waals surface area (Å²) in [6.45, 7) is 5.07. The molecule has 0 atom stereocenters. The van der Waals surface area contributed by atoms with E-state index in [1.807, 2.05) is 12.1 Å². The monoisotopic (exact) mass is 281 g/mol. The van der Waals surface area contributed by atoms with Crippen LogP contribution in [-0.4, -0.2) is 57.4 Å². The second-order valence-electron chi connectivity index (χ2n) is 4.72. The maximum atomic E-state index is 12.9. The number of halogens is 1. The van der Waals surface area contributed by atoms with E-state index in [9.17, 15) is 9.18 Å². The van der Waals surface area contributed by atoms with Gasteiger partial charge in [0.15, 0.2) is 0 Å². The SMILES string of the molecule is COC(=O)NCCN1CCN(c2ccc(F)cc2)CC1. The number of piperazine rings is 1. The predicted octanol–water partition coefficient (Wildman–Crippen LogP) is 1.30. The Morgan fingerprint density at radius 1 is 1.25 bits per heavy atom. The van der Waals surface area contributed by atoms with E-state index in [0.29, 0.717) is 6.54 Å². The Hall–Kier alpha value is -1.82. The first-order valence-corrected chi connectivity index (χ1v) is 6.74. The lowest BCUT2D eigenvalue weighted by Gasteiger charge is -2.36. The Morgan fingerprint density at radius 2 is 1.90 bits per heavy atom. The van der Waals surface area contributed by atoms with Crippen molar-refractivity contribution in [2.75, 3.05) is 51.3 Å². The van der Waals surface area contributed by atoms with Crippen LogP contribution in [0.1, 0.15) is 0 Å². The van der Waals surface area contributed by atoms with Crippen LogP contribution in [0, 0.1) is 5.82 Å². The Kier molecular flexibility index (Phi) is 5.17. The molecule has 0 radical (unpaired) electrons. The van der Waals surface area contributed by atoms with Gasteiger partial charge >= 0.3 is 6.09 Å². The fraction of sp³-hybridized carbons (Fsp3) is 0.500. The maximum Gasteiger partial charge on any atom is 0.406 e. The number of rotatable bonds is 4. The lowest BCUT2D eigenvalue weighted by Crippen LogP contribution is -2.48. The molecule has 0 unspecified atom stereocenters. The first kappa shape index (κ1) is 14.6. The zero-order valence-corrected chi connectivity index (χ0v) is 11.6. The minimum atomic E-state index is -0.394. The maximum absolute atomic E-state index is 12.9. The molecule has 1 aromatic carbocycles. The molecule has 0 bridgehead atoms. The molecule has 20 heavy (non-hydrogen) atoms. The fourth-order valence-electron chi connectivity index (χ4n) is 2.27. The van der Waals surface area contributed by atoms with Gasteiger partial charge in [-0.2, -0.15) is 0 Å². The van der Waals surface area contributed by atoms with Crippen LogP contribution < -0.4 is 10.2 Å². The topological polar surface area (TPSA) is 44.8 Å². The highest BCUT2D eigenvalue weighted by Gasteiger charge is 2.16. The Morgan fingerprint density at radius 3 is 2.50 bits per heavy atom. The van der Waals surface area contributed by atoms with Gasteiger partial charge in [-0.3, -0.25) is 4.90 Å². The second-order valence-corrected chi connectivity index (χ2v) is 4.72. The molecule has 2 rings (SSSR count). The van der Waals surface area contributed by atoms with Crippen LogP contribution in [0.15, 0.2) is 24.3 Å². The van der Waals surface area contributed by atoms with Crippen molar-refractivity contribution in [3.63, 3.8) is 0 Å². The summed E-state index contributed by atoms with van der Waals surface area (Å²) in [5.41, 5.74) is 1.05. The van der Waals surface area contributed by atoms with Crippen molar-refractivity contribution < 1.29 is 13.9 Å². The molecule has 0 aliphatic carbocycles. The molecular weight excluding hydrogens is 261 g/mol. The number of benzene rings is 1. The Balaban J connectivity index is 1.72. The number of alkyl carbamates (subject to hydrolysis) is 1. The summed E-state index contributed by atoms with van der Waals surface area (Å²) < 4.78 is 17.4. The van der Waals surface area contributed by atoms with Crippen LogP contribution in [0.3, 0.4) is 0 Å².